The lowest BCUT2D eigenvalue weighted by molar-refractivity contribution is 0.0745. The Bertz CT molecular complexity index is 1100. The zero-order valence-corrected chi connectivity index (χ0v) is 19.8. The van der Waals surface area contributed by atoms with Gasteiger partial charge in [-0.1, -0.05) is 48.0 Å². The van der Waals surface area contributed by atoms with Crippen LogP contribution in [0.25, 0.3) is 0 Å². The highest BCUT2D eigenvalue weighted by atomic mass is 35.5. The van der Waals surface area contributed by atoms with E-state index < -0.39 is 0 Å². The summed E-state index contributed by atoms with van der Waals surface area (Å²) in [4.78, 5) is 17.4. The molecule has 172 valence electrons. The van der Waals surface area contributed by atoms with E-state index in [0.717, 1.165) is 40.7 Å². The van der Waals surface area contributed by atoms with Crippen LogP contribution in [0.3, 0.4) is 0 Å². The van der Waals surface area contributed by atoms with Crippen LogP contribution >= 0.6 is 11.6 Å². The summed E-state index contributed by atoms with van der Waals surface area (Å²) in [5.41, 5.74) is 4.96. The number of halogens is 1. The van der Waals surface area contributed by atoms with Crippen LogP contribution in [0.5, 0.6) is 5.75 Å². The molecule has 1 heterocycles. The van der Waals surface area contributed by atoms with Crippen molar-refractivity contribution in [1.29, 1.82) is 0 Å². The number of rotatable bonds is 7. The van der Waals surface area contributed by atoms with Crippen LogP contribution in [-0.2, 0) is 18.0 Å². The molecular formula is C27H29ClN2O3. The molecule has 3 aromatic rings. The first kappa shape index (κ1) is 23.1. The van der Waals surface area contributed by atoms with Gasteiger partial charge in [0.15, 0.2) is 0 Å². The number of hydrogen-bond acceptors (Lipinski definition) is 4. The van der Waals surface area contributed by atoms with Crippen molar-refractivity contribution in [3.63, 3.8) is 0 Å². The second kappa shape index (κ2) is 10.7. The van der Waals surface area contributed by atoms with Gasteiger partial charge in [0.25, 0.3) is 5.91 Å². The molecule has 33 heavy (non-hydrogen) atoms. The number of amides is 1. The van der Waals surface area contributed by atoms with E-state index in [1.54, 1.807) is 7.11 Å². The fourth-order valence-corrected chi connectivity index (χ4v) is 4.30. The van der Waals surface area contributed by atoms with Crippen molar-refractivity contribution in [1.82, 2.24) is 4.90 Å². The van der Waals surface area contributed by atoms with E-state index in [1.807, 2.05) is 71.6 Å². The third kappa shape index (κ3) is 5.67. The largest absolute Gasteiger partial charge is 0.496 e. The number of piperazine rings is 1. The van der Waals surface area contributed by atoms with Gasteiger partial charge in [-0.05, 0) is 48.4 Å². The Morgan fingerprint density at radius 1 is 0.939 bits per heavy atom. The summed E-state index contributed by atoms with van der Waals surface area (Å²) in [5, 5.41) is 0.731. The maximum atomic E-state index is 13.2. The van der Waals surface area contributed by atoms with Crippen molar-refractivity contribution in [2.24, 2.45) is 0 Å². The molecule has 1 aliphatic rings. The summed E-state index contributed by atoms with van der Waals surface area (Å²) in [7, 11) is 1.63. The topological polar surface area (TPSA) is 42.0 Å². The number of carbonyl (C=O) groups excluding carboxylic acids is 1. The van der Waals surface area contributed by atoms with Crippen molar-refractivity contribution >= 4 is 23.2 Å². The highest BCUT2D eigenvalue weighted by Crippen LogP contribution is 2.26. The van der Waals surface area contributed by atoms with E-state index >= 15 is 0 Å². The lowest BCUT2D eigenvalue weighted by Gasteiger charge is -2.37. The Kier molecular flexibility index (Phi) is 7.53. The lowest BCUT2D eigenvalue weighted by atomic mass is 10.1. The molecular weight excluding hydrogens is 436 g/mol. The summed E-state index contributed by atoms with van der Waals surface area (Å²) >= 11 is 6.19. The molecule has 0 atom stereocenters. The molecule has 0 aromatic heterocycles. The summed E-state index contributed by atoms with van der Waals surface area (Å²) in [6.07, 6.45) is 0. The lowest BCUT2D eigenvalue weighted by Crippen LogP contribution is -2.49. The van der Waals surface area contributed by atoms with Crippen LogP contribution in [-0.4, -0.2) is 44.1 Å². The van der Waals surface area contributed by atoms with E-state index in [-0.39, 0.29) is 5.91 Å². The molecule has 5 nitrogen and oxygen atoms in total. The summed E-state index contributed by atoms with van der Waals surface area (Å²) in [6.45, 7) is 5.84. The Morgan fingerprint density at radius 3 is 2.42 bits per heavy atom. The molecule has 1 fully saturated rings. The van der Waals surface area contributed by atoms with Crippen molar-refractivity contribution in [3.8, 4) is 5.75 Å². The van der Waals surface area contributed by atoms with E-state index in [1.165, 1.54) is 5.56 Å². The highest BCUT2D eigenvalue weighted by Gasteiger charge is 2.24. The van der Waals surface area contributed by atoms with Gasteiger partial charge in [-0.15, -0.1) is 0 Å². The van der Waals surface area contributed by atoms with E-state index in [0.29, 0.717) is 31.9 Å². The minimum absolute atomic E-state index is 0.0319. The van der Waals surface area contributed by atoms with E-state index in [2.05, 4.69) is 11.8 Å². The smallest absolute Gasteiger partial charge is 0.253 e. The Labute approximate surface area is 200 Å². The monoisotopic (exact) mass is 464 g/mol. The first-order chi connectivity index (χ1) is 16.0. The molecule has 1 amide bonds. The molecule has 6 heteroatoms. The number of nitrogens with zero attached hydrogens (tertiary/aromatic N) is 2. The zero-order chi connectivity index (χ0) is 23.2. The molecule has 4 rings (SSSR count). The molecule has 1 saturated heterocycles. The number of aryl methyl sites for hydroxylation is 1. The first-order valence-corrected chi connectivity index (χ1v) is 11.5. The number of anilines is 1. The van der Waals surface area contributed by atoms with Gasteiger partial charge >= 0.3 is 0 Å². The average molecular weight is 465 g/mol. The van der Waals surface area contributed by atoms with Crippen molar-refractivity contribution in [2.45, 2.75) is 20.1 Å². The van der Waals surface area contributed by atoms with Gasteiger partial charge in [-0.25, -0.2) is 0 Å². The molecule has 0 radical (unpaired) electrons. The van der Waals surface area contributed by atoms with Crippen LogP contribution in [0.1, 0.15) is 27.0 Å². The van der Waals surface area contributed by atoms with Crippen molar-refractivity contribution < 1.29 is 14.3 Å². The number of benzene rings is 3. The minimum atomic E-state index is 0.0319. The molecule has 1 aliphatic heterocycles. The summed E-state index contributed by atoms with van der Waals surface area (Å²) < 4.78 is 11.4. The van der Waals surface area contributed by atoms with Gasteiger partial charge in [0.05, 0.1) is 20.3 Å². The van der Waals surface area contributed by atoms with Crippen molar-refractivity contribution in [3.05, 3.63) is 94.0 Å². The predicted molar refractivity (Wildman–Crippen MR) is 132 cm³/mol. The number of methoxy groups -OCH3 is 1. The molecule has 0 bridgehead atoms. The van der Waals surface area contributed by atoms with E-state index in [4.69, 9.17) is 21.1 Å². The van der Waals surface area contributed by atoms with Gasteiger partial charge in [-0.2, -0.15) is 0 Å². The van der Waals surface area contributed by atoms with Gasteiger partial charge in [0, 0.05) is 48.0 Å². The van der Waals surface area contributed by atoms with Crippen LogP contribution in [0, 0.1) is 6.92 Å². The summed E-state index contributed by atoms with van der Waals surface area (Å²) in [5.74, 6) is 0.755. The molecule has 0 spiro atoms. The van der Waals surface area contributed by atoms with Gasteiger partial charge in [0.1, 0.15) is 5.75 Å². The van der Waals surface area contributed by atoms with Crippen LogP contribution < -0.4 is 9.64 Å². The third-order valence-electron chi connectivity index (χ3n) is 5.98. The highest BCUT2D eigenvalue weighted by molar-refractivity contribution is 6.30. The maximum Gasteiger partial charge on any atom is 0.253 e. The first-order valence-electron chi connectivity index (χ1n) is 11.1. The summed E-state index contributed by atoms with van der Waals surface area (Å²) in [6, 6.07) is 21.5. The Balaban J connectivity index is 1.39. The molecule has 3 aromatic carbocycles. The maximum absolute atomic E-state index is 13.2. The Morgan fingerprint density at radius 2 is 1.70 bits per heavy atom. The van der Waals surface area contributed by atoms with Gasteiger partial charge in [-0.3, -0.25) is 4.79 Å². The second-order valence-corrected chi connectivity index (χ2v) is 8.65. The van der Waals surface area contributed by atoms with Gasteiger partial charge < -0.3 is 19.3 Å². The van der Waals surface area contributed by atoms with Crippen LogP contribution in [0.15, 0.2) is 66.7 Å². The Hall–Kier alpha value is -3.02. The molecule has 0 aliphatic carbocycles. The van der Waals surface area contributed by atoms with Crippen LogP contribution in [0.4, 0.5) is 5.69 Å². The number of hydrogen-bond donors (Lipinski definition) is 0. The van der Waals surface area contributed by atoms with E-state index in [9.17, 15) is 4.79 Å². The molecule has 0 saturated carbocycles. The fourth-order valence-electron chi connectivity index (χ4n) is 4.13. The standard InChI is InChI=1S/C27H29ClN2O3/c1-20-8-10-24(28)17-25(20)29-12-14-30(15-13-29)27(31)22-9-11-26(32-2)23(16-22)19-33-18-21-6-4-3-5-7-21/h3-11,16-17H,12-15,18-19H2,1-2H3. The SMILES string of the molecule is COc1ccc(C(=O)N2CCN(c3cc(Cl)ccc3C)CC2)cc1COCc1ccccc1. The zero-order valence-electron chi connectivity index (χ0n) is 19.1. The average Bonchev–Trinajstić information content (AvgIpc) is 2.86. The molecule has 0 N–H and O–H groups in total. The second-order valence-electron chi connectivity index (χ2n) is 8.22. The van der Waals surface area contributed by atoms with Crippen molar-refractivity contribution in [2.75, 3.05) is 38.2 Å². The normalized spacial score (nSPS) is 13.8. The van der Waals surface area contributed by atoms with Crippen LogP contribution in [0.2, 0.25) is 5.02 Å². The molecule has 0 unspecified atom stereocenters. The third-order valence-corrected chi connectivity index (χ3v) is 6.21. The predicted octanol–water partition coefficient (Wildman–Crippen LogP) is 5.34. The number of carbonyl (C=O) groups is 1. The fraction of sp³-hybridized carbons (Fsp3) is 0.296. The minimum Gasteiger partial charge on any atom is -0.496 e. The van der Waals surface area contributed by atoms with Gasteiger partial charge in [0.2, 0.25) is 0 Å². The number of ether oxygens (including phenoxy) is 2. The quantitative estimate of drug-likeness (QED) is 0.473.